The molecule has 24 heavy (non-hydrogen) atoms. The molecule has 0 aliphatic heterocycles. The van der Waals surface area contributed by atoms with E-state index in [1.807, 2.05) is 18.2 Å². The van der Waals surface area contributed by atoms with Gasteiger partial charge in [0.2, 0.25) is 0 Å². The van der Waals surface area contributed by atoms with Crippen molar-refractivity contribution in [1.82, 2.24) is 10.6 Å². The van der Waals surface area contributed by atoms with E-state index in [2.05, 4.69) is 52.3 Å². The van der Waals surface area contributed by atoms with Gasteiger partial charge in [0, 0.05) is 27.2 Å². The molecular weight excluding hydrogens is 485 g/mol. The van der Waals surface area contributed by atoms with Crippen LogP contribution in [0.2, 0.25) is 0 Å². The van der Waals surface area contributed by atoms with Crippen molar-refractivity contribution in [3.8, 4) is 5.75 Å². The van der Waals surface area contributed by atoms with Gasteiger partial charge in [-0.2, -0.15) is 0 Å². The third-order valence-electron chi connectivity index (χ3n) is 3.61. The molecule has 0 bridgehead atoms. The Morgan fingerprint density at radius 1 is 1.25 bits per heavy atom. The molecule has 1 atom stereocenters. The molecule has 0 aliphatic rings. The van der Waals surface area contributed by atoms with Crippen LogP contribution in [0.4, 0.5) is 0 Å². The fourth-order valence-electron chi connectivity index (χ4n) is 2.16. The standard InChI is InChI=1S/C17H28BrN3O2.HI/c1-17(2,3)15(23-6)11-21-16(19-4)20-10-12-7-8-14(22-5)13(18)9-12;/h7-9,15H,10-11H2,1-6H3,(H2,19,20,21);1H. The number of nitrogens with one attached hydrogen (secondary N) is 2. The van der Waals surface area contributed by atoms with Crippen LogP contribution in [-0.4, -0.2) is 39.9 Å². The lowest BCUT2D eigenvalue weighted by atomic mass is 9.89. The first-order chi connectivity index (χ1) is 10.8. The van der Waals surface area contributed by atoms with Crippen molar-refractivity contribution in [1.29, 1.82) is 0 Å². The number of rotatable bonds is 6. The molecule has 0 radical (unpaired) electrons. The maximum atomic E-state index is 5.55. The summed E-state index contributed by atoms with van der Waals surface area (Å²) in [7, 11) is 5.16. The van der Waals surface area contributed by atoms with Crippen molar-refractivity contribution in [2.75, 3.05) is 27.8 Å². The van der Waals surface area contributed by atoms with Gasteiger partial charge in [-0.05, 0) is 39.0 Å². The molecule has 0 spiro atoms. The zero-order valence-electron chi connectivity index (χ0n) is 15.3. The quantitative estimate of drug-likeness (QED) is 0.345. The molecule has 0 saturated carbocycles. The fraction of sp³-hybridized carbons (Fsp3) is 0.588. The molecule has 0 saturated heterocycles. The molecule has 2 N–H and O–H groups in total. The summed E-state index contributed by atoms with van der Waals surface area (Å²) >= 11 is 3.50. The van der Waals surface area contributed by atoms with Gasteiger partial charge in [0.05, 0.1) is 17.7 Å². The van der Waals surface area contributed by atoms with Crippen LogP contribution < -0.4 is 15.4 Å². The molecule has 1 unspecified atom stereocenters. The maximum Gasteiger partial charge on any atom is 0.191 e. The van der Waals surface area contributed by atoms with Crippen molar-refractivity contribution in [2.24, 2.45) is 10.4 Å². The molecule has 0 amide bonds. The first-order valence-electron chi connectivity index (χ1n) is 7.61. The molecule has 1 aromatic rings. The highest BCUT2D eigenvalue weighted by Gasteiger charge is 2.24. The highest BCUT2D eigenvalue weighted by Crippen LogP contribution is 2.25. The third-order valence-corrected chi connectivity index (χ3v) is 4.22. The number of guanidine groups is 1. The number of nitrogens with zero attached hydrogens (tertiary/aromatic N) is 1. The van der Waals surface area contributed by atoms with E-state index in [9.17, 15) is 0 Å². The van der Waals surface area contributed by atoms with Crippen LogP contribution in [-0.2, 0) is 11.3 Å². The van der Waals surface area contributed by atoms with Gasteiger partial charge in [0.25, 0.3) is 0 Å². The normalized spacial score (nSPS) is 13.0. The predicted molar refractivity (Wildman–Crippen MR) is 115 cm³/mol. The Labute approximate surface area is 171 Å². The molecule has 1 rings (SSSR count). The summed E-state index contributed by atoms with van der Waals surface area (Å²) < 4.78 is 11.7. The minimum absolute atomic E-state index is 0. The van der Waals surface area contributed by atoms with E-state index >= 15 is 0 Å². The smallest absolute Gasteiger partial charge is 0.191 e. The summed E-state index contributed by atoms with van der Waals surface area (Å²) in [6.07, 6.45) is 0.108. The van der Waals surface area contributed by atoms with E-state index in [1.165, 1.54) is 0 Å². The summed E-state index contributed by atoms with van der Waals surface area (Å²) in [5, 5.41) is 6.61. The largest absolute Gasteiger partial charge is 0.496 e. The van der Waals surface area contributed by atoms with Crippen molar-refractivity contribution in [2.45, 2.75) is 33.4 Å². The Kier molecular flexibility index (Phi) is 10.9. The number of methoxy groups -OCH3 is 2. The predicted octanol–water partition coefficient (Wildman–Crippen LogP) is 3.80. The molecule has 0 fully saturated rings. The van der Waals surface area contributed by atoms with Crippen molar-refractivity contribution >= 4 is 45.9 Å². The van der Waals surface area contributed by atoms with Gasteiger partial charge in [0.1, 0.15) is 5.75 Å². The van der Waals surface area contributed by atoms with Crippen LogP contribution in [0.15, 0.2) is 27.7 Å². The van der Waals surface area contributed by atoms with Crippen molar-refractivity contribution < 1.29 is 9.47 Å². The lowest BCUT2D eigenvalue weighted by Crippen LogP contribution is -2.45. The van der Waals surface area contributed by atoms with Crippen molar-refractivity contribution in [3.05, 3.63) is 28.2 Å². The maximum absolute atomic E-state index is 5.55. The Hall–Kier alpha value is -0.540. The molecule has 1 aromatic carbocycles. The lowest BCUT2D eigenvalue weighted by Gasteiger charge is -2.30. The number of benzene rings is 1. The molecule has 5 nitrogen and oxygen atoms in total. The number of ether oxygens (including phenoxy) is 2. The molecule has 7 heteroatoms. The van der Waals surface area contributed by atoms with Gasteiger partial charge in [-0.3, -0.25) is 4.99 Å². The average Bonchev–Trinajstić information content (AvgIpc) is 2.49. The van der Waals surface area contributed by atoms with E-state index in [1.54, 1.807) is 21.3 Å². The van der Waals surface area contributed by atoms with E-state index in [0.717, 1.165) is 21.7 Å². The molecule has 138 valence electrons. The minimum Gasteiger partial charge on any atom is -0.496 e. The highest BCUT2D eigenvalue weighted by molar-refractivity contribution is 14.0. The second kappa shape index (κ2) is 11.1. The van der Waals surface area contributed by atoms with Gasteiger partial charge in [0.15, 0.2) is 5.96 Å². The van der Waals surface area contributed by atoms with Gasteiger partial charge < -0.3 is 20.1 Å². The van der Waals surface area contributed by atoms with Gasteiger partial charge in [-0.25, -0.2) is 0 Å². The number of hydrogen-bond donors (Lipinski definition) is 2. The zero-order valence-corrected chi connectivity index (χ0v) is 19.2. The minimum atomic E-state index is 0. The van der Waals surface area contributed by atoms with Crippen LogP contribution in [0.1, 0.15) is 26.3 Å². The van der Waals surface area contributed by atoms with E-state index in [4.69, 9.17) is 9.47 Å². The summed E-state index contributed by atoms with van der Waals surface area (Å²) in [5.41, 5.74) is 1.21. The zero-order chi connectivity index (χ0) is 17.5. The topological polar surface area (TPSA) is 54.9 Å². The van der Waals surface area contributed by atoms with Crippen LogP contribution in [0, 0.1) is 5.41 Å². The molecular formula is C17H29BrIN3O2. The number of halogens is 2. The van der Waals surface area contributed by atoms with Crippen LogP contribution >= 0.6 is 39.9 Å². The number of hydrogen-bond acceptors (Lipinski definition) is 3. The Bertz CT molecular complexity index is 533. The second-order valence-corrected chi connectivity index (χ2v) is 7.22. The van der Waals surface area contributed by atoms with Crippen LogP contribution in [0.25, 0.3) is 0 Å². The Morgan fingerprint density at radius 2 is 1.92 bits per heavy atom. The van der Waals surface area contributed by atoms with E-state index in [-0.39, 0.29) is 35.5 Å². The summed E-state index contributed by atoms with van der Waals surface area (Å²) in [4.78, 5) is 4.25. The first-order valence-corrected chi connectivity index (χ1v) is 8.40. The summed E-state index contributed by atoms with van der Waals surface area (Å²) in [6, 6.07) is 6.00. The van der Waals surface area contributed by atoms with E-state index in [0.29, 0.717) is 13.1 Å². The van der Waals surface area contributed by atoms with E-state index < -0.39 is 0 Å². The Morgan fingerprint density at radius 3 is 2.38 bits per heavy atom. The summed E-state index contributed by atoms with van der Waals surface area (Å²) in [6.45, 7) is 7.86. The lowest BCUT2D eigenvalue weighted by molar-refractivity contribution is 0.0205. The van der Waals surface area contributed by atoms with Crippen LogP contribution in [0.5, 0.6) is 5.75 Å². The van der Waals surface area contributed by atoms with Gasteiger partial charge >= 0.3 is 0 Å². The highest BCUT2D eigenvalue weighted by atomic mass is 127. The second-order valence-electron chi connectivity index (χ2n) is 6.37. The molecule has 0 heterocycles. The van der Waals surface area contributed by atoms with Gasteiger partial charge in [-0.1, -0.05) is 26.8 Å². The van der Waals surface area contributed by atoms with Crippen LogP contribution in [0.3, 0.4) is 0 Å². The molecule has 0 aliphatic carbocycles. The first kappa shape index (κ1) is 23.5. The Balaban J connectivity index is 0.00000529. The van der Waals surface area contributed by atoms with Gasteiger partial charge in [-0.15, -0.1) is 24.0 Å². The fourth-order valence-corrected chi connectivity index (χ4v) is 2.75. The van der Waals surface area contributed by atoms with Crippen molar-refractivity contribution in [3.63, 3.8) is 0 Å². The number of aliphatic imine (C=N–C) groups is 1. The third kappa shape index (κ3) is 7.57. The average molecular weight is 514 g/mol. The monoisotopic (exact) mass is 513 g/mol. The SMILES string of the molecule is CN=C(NCc1ccc(OC)c(Br)c1)NCC(OC)C(C)(C)C.I. The molecule has 0 aromatic heterocycles. The summed E-state index contributed by atoms with van der Waals surface area (Å²) in [5.74, 6) is 1.58.